The maximum absolute atomic E-state index is 13.2. The van der Waals surface area contributed by atoms with Crippen LogP contribution in [0.15, 0.2) is 48.5 Å². The number of benzene rings is 2. The van der Waals surface area contributed by atoms with Gasteiger partial charge < -0.3 is 19.3 Å². The lowest BCUT2D eigenvalue weighted by atomic mass is 9.62. The summed E-state index contributed by atoms with van der Waals surface area (Å²) in [6.07, 6.45) is 2.86. The number of aliphatic carboxylic acids is 1. The van der Waals surface area contributed by atoms with Crippen molar-refractivity contribution in [2.75, 3.05) is 0 Å². The highest BCUT2D eigenvalue weighted by Crippen LogP contribution is 2.49. The van der Waals surface area contributed by atoms with Crippen LogP contribution >= 0.6 is 0 Å². The van der Waals surface area contributed by atoms with Crippen LogP contribution in [0.25, 0.3) is 0 Å². The van der Waals surface area contributed by atoms with Crippen LogP contribution in [0.1, 0.15) is 167 Å². The lowest BCUT2D eigenvalue weighted by Crippen LogP contribution is -2.42. The summed E-state index contributed by atoms with van der Waals surface area (Å²) in [5, 5.41) is 10.0. The number of ether oxygens (including phenoxy) is 3. The molecule has 0 atom stereocenters. The normalized spacial score (nSPS) is 27.6. The molecule has 0 aromatic heterocycles. The summed E-state index contributed by atoms with van der Waals surface area (Å²) >= 11 is 0. The fourth-order valence-corrected chi connectivity index (χ4v) is 11.2. The molecule has 0 bridgehead atoms. The smallest absolute Gasteiger partial charge is 0.481 e. The molecule has 16 heteroatoms. The van der Waals surface area contributed by atoms with Gasteiger partial charge in [-0.25, -0.2) is 0 Å². The van der Waals surface area contributed by atoms with Gasteiger partial charge in [0, 0.05) is 0 Å². The minimum atomic E-state index is -5.83. The lowest BCUT2D eigenvalue weighted by molar-refractivity contribution is -0.360. The van der Waals surface area contributed by atoms with Crippen LogP contribution in [0.2, 0.25) is 0 Å². The summed E-state index contributed by atoms with van der Waals surface area (Å²) in [5.74, 6) is 1.40. The number of carbonyl (C=O) groups is 2. The molecule has 4 aliphatic rings. The Morgan fingerprint density at radius 2 is 0.896 bits per heavy atom. The average Bonchev–Trinajstić information content (AvgIpc) is 3.29. The van der Waals surface area contributed by atoms with Crippen molar-refractivity contribution in [3.63, 3.8) is 0 Å². The first-order valence-electron chi connectivity index (χ1n) is 24.5. The van der Waals surface area contributed by atoms with Gasteiger partial charge in [-0.1, -0.05) is 96.6 Å². The number of hydrogen-bond acceptors (Lipinski definition) is 5. The molecule has 6 nitrogen and oxygen atoms in total. The molecule has 0 unspecified atom stereocenters. The fraction of sp³-hybridized carbons (Fsp3) is 0.725. The zero-order valence-electron chi connectivity index (χ0n) is 38.7. The summed E-state index contributed by atoms with van der Waals surface area (Å²) in [4.78, 5) is 24.8. The Morgan fingerprint density at radius 3 is 1.30 bits per heavy atom. The Kier molecular flexibility index (Phi) is 19.2. The predicted octanol–water partition coefficient (Wildman–Crippen LogP) is 16.0. The maximum atomic E-state index is 13.2. The molecular weight excluding hydrogens is 899 g/mol. The van der Waals surface area contributed by atoms with E-state index in [1.165, 1.54) is 108 Å². The largest absolute Gasteiger partial charge is 0.499 e. The van der Waals surface area contributed by atoms with Crippen LogP contribution in [0, 0.1) is 41.4 Å². The molecule has 0 amide bonds. The van der Waals surface area contributed by atoms with Gasteiger partial charge in [-0.3, -0.25) is 9.59 Å². The van der Waals surface area contributed by atoms with E-state index in [4.69, 9.17) is 4.74 Å². The van der Waals surface area contributed by atoms with Crippen molar-refractivity contribution >= 4 is 11.9 Å². The van der Waals surface area contributed by atoms with Crippen molar-refractivity contribution < 1.29 is 72.8 Å². The highest BCUT2D eigenvalue weighted by Gasteiger charge is 2.62. The molecule has 0 aliphatic heterocycles. The molecule has 0 spiro atoms. The number of hydrogen-bond donors (Lipinski definition) is 1. The van der Waals surface area contributed by atoms with E-state index in [1.807, 2.05) is 0 Å². The number of carboxylic acid groups (broad SMARTS) is 1. The number of esters is 1. The van der Waals surface area contributed by atoms with Gasteiger partial charge in [0.2, 0.25) is 0 Å². The first-order chi connectivity index (χ1) is 31.6. The third kappa shape index (κ3) is 14.9. The minimum Gasteiger partial charge on any atom is -0.481 e. The Labute approximate surface area is 388 Å². The van der Waals surface area contributed by atoms with Crippen molar-refractivity contribution in [2.24, 2.45) is 41.4 Å². The topological polar surface area (TPSA) is 82.1 Å². The molecule has 2 aromatic carbocycles. The molecule has 4 saturated carbocycles. The van der Waals surface area contributed by atoms with Crippen LogP contribution in [-0.2, 0) is 15.0 Å². The Bertz CT molecular complexity index is 1800. The van der Waals surface area contributed by atoms with E-state index in [1.54, 1.807) is 0 Å². The molecule has 6 rings (SSSR count). The summed E-state index contributed by atoms with van der Waals surface area (Å²) < 4.78 is 139. The zero-order valence-corrected chi connectivity index (χ0v) is 38.7. The van der Waals surface area contributed by atoms with E-state index in [2.05, 4.69) is 23.3 Å². The van der Waals surface area contributed by atoms with Gasteiger partial charge in [-0.05, 0) is 155 Å². The summed E-state index contributed by atoms with van der Waals surface area (Å²) in [7, 11) is 0. The summed E-state index contributed by atoms with van der Waals surface area (Å²) in [6, 6.07) is 8.75. The maximum Gasteiger partial charge on any atom is 0.499 e. The lowest BCUT2D eigenvalue weighted by Gasteiger charge is -2.42. The van der Waals surface area contributed by atoms with E-state index >= 15 is 0 Å². The van der Waals surface area contributed by atoms with Crippen molar-refractivity contribution in [1.82, 2.24) is 0 Å². The fourth-order valence-electron chi connectivity index (χ4n) is 11.2. The van der Waals surface area contributed by atoms with E-state index in [0.717, 1.165) is 92.7 Å². The molecular formula is C51H68F10O6. The van der Waals surface area contributed by atoms with Gasteiger partial charge in [0.25, 0.3) is 0 Å². The highest BCUT2D eigenvalue weighted by atomic mass is 19.4. The summed E-state index contributed by atoms with van der Waals surface area (Å²) in [5.41, 5.74) is -0.736. The van der Waals surface area contributed by atoms with Crippen LogP contribution in [0.5, 0.6) is 17.2 Å². The molecule has 0 heterocycles. The molecule has 2 aromatic rings. The zero-order chi connectivity index (χ0) is 49.0. The van der Waals surface area contributed by atoms with Crippen molar-refractivity contribution in [2.45, 2.75) is 192 Å². The molecule has 4 fully saturated rings. The number of unbranched alkanes of at least 4 members (excludes halogenated alkanes) is 3. The quantitative estimate of drug-likeness (QED) is 0.0736. The summed E-state index contributed by atoms with van der Waals surface area (Å²) in [6.45, 7) is 4.45. The van der Waals surface area contributed by atoms with Gasteiger partial charge >= 0.3 is 36.5 Å². The van der Waals surface area contributed by atoms with E-state index < -0.39 is 47.5 Å². The van der Waals surface area contributed by atoms with Crippen LogP contribution in [-0.4, -0.2) is 41.6 Å². The molecule has 1 N–H and O–H groups in total. The van der Waals surface area contributed by atoms with E-state index in [9.17, 15) is 58.6 Å². The number of halogens is 10. The Hall–Kier alpha value is -3.72. The highest BCUT2D eigenvalue weighted by molar-refractivity contribution is 5.81. The molecule has 378 valence electrons. The van der Waals surface area contributed by atoms with E-state index in [0.29, 0.717) is 36.2 Å². The van der Waals surface area contributed by atoms with Crippen molar-refractivity contribution in [3.05, 3.63) is 54.1 Å². The van der Waals surface area contributed by atoms with Crippen molar-refractivity contribution in [1.29, 1.82) is 0 Å². The molecule has 0 radical (unpaired) electrons. The number of carboxylic acids is 1. The second-order valence-electron chi connectivity index (χ2n) is 19.7. The van der Waals surface area contributed by atoms with Crippen molar-refractivity contribution in [3.8, 4) is 17.2 Å². The Balaban J connectivity index is 0.000000251. The van der Waals surface area contributed by atoms with Crippen LogP contribution < -0.4 is 14.2 Å². The Morgan fingerprint density at radius 1 is 0.522 bits per heavy atom. The first-order valence-corrected chi connectivity index (χ1v) is 24.5. The van der Waals surface area contributed by atoms with E-state index in [-0.39, 0.29) is 17.6 Å². The monoisotopic (exact) mass is 966 g/mol. The molecule has 0 saturated heterocycles. The van der Waals surface area contributed by atoms with Gasteiger partial charge in [-0.15, -0.1) is 0 Å². The third-order valence-electron chi connectivity index (χ3n) is 15.3. The first kappa shape index (κ1) is 54.2. The second kappa shape index (κ2) is 23.7. The van der Waals surface area contributed by atoms with Gasteiger partial charge in [-0.2, -0.15) is 43.9 Å². The minimum absolute atomic E-state index is 0.0928. The number of alkyl halides is 10. The molecule has 4 aliphatic carbocycles. The van der Waals surface area contributed by atoms with Crippen LogP contribution in [0.4, 0.5) is 43.9 Å². The third-order valence-corrected chi connectivity index (χ3v) is 15.3. The average molecular weight is 967 g/mol. The molecule has 67 heavy (non-hydrogen) atoms. The predicted molar refractivity (Wildman–Crippen MR) is 233 cm³/mol. The SMILES string of the molecule is CCCCC1CCC(C2CCC(C(=O)Oc3ccc(OC(F)(F)C(F)(F)F)cc3)CC2)CC1.CCCCCC1CCC(C2CCC(C(=O)O)(c3ccc(OC(F)(F)C(F)(F)F)cc3)CC2)CC1. The van der Waals surface area contributed by atoms with Crippen LogP contribution in [0.3, 0.4) is 0 Å². The van der Waals surface area contributed by atoms with Gasteiger partial charge in [0.05, 0.1) is 11.3 Å². The van der Waals surface area contributed by atoms with Gasteiger partial charge in [0.15, 0.2) is 0 Å². The second-order valence-corrected chi connectivity index (χ2v) is 19.7. The standard InChI is InChI=1S/C26H35F5O3.C25H33F5O3/c1-2-3-4-5-18-6-8-19(9-7-18)20-14-16-24(17-15-20,23(32)33)21-10-12-22(13-11-21)34-26(30,31)25(27,28)29;1-2-3-4-17-5-7-18(8-6-17)19-9-11-20(12-10-19)23(31)32-21-13-15-22(16-14-21)33-25(29,30)24(26,27)28/h10-13,18-20H,2-9,14-17H2,1H3,(H,32,33);13-20H,2-12H2,1H3. The number of carbonyl (C=O) groups excluding carboxylic acids is 1. The number of rotatable bonds is 17. The van der Waals surface area contributed by atoms with Gasteiger partial charge in [0.1, 0.15) is 17.2 Å².